The summed E-state index contributed by atoms with van der Waals surface area (Å²) in [5, 5.41) is 11.0. The standard InChI is InChI=1S/C17H17IO2/c1-17(19,13-7-9-14(18)10-8-13)15-6-2-4-12-5-3-11-20-16(12)15/h2,4,6-10,19H,3,5,11H2,1H3. The fourth-order valence-electron chi connectivity index (χ4n) is 2.70. The Kier molecular flexibility index (Phi) is 3.73. The zero-order valence-corrected chi connectivity index (χ0v) is 13.6. The second kappa shape index (κ2) is 5.37. The van der Waals surface area contributed by atoms with E-state index < -0.39 is 5.60 Å². The maximum absolute atomic E-state index is 11.0. The van der Waals surface area contributed by atoms with E-state index in [-0.39, 0.29) is 0 Å². The van der Waals surface area contributed by atoms with E-state index in [1.807, 2.05) is 43.3 Å². The lowest BCUT2D eigenvalue weighted by Crippen LogP contribution is -2.25. The third-order valence-corrected chi connectivity index (χ3v) is 4.58. The van der Waals surface area contributed by atoms with Crippen LogP contribution in [0.25, 0.3) is 0 Å². The Morgan fingerprint density at radius 2 is 1.90 bits per heavy atom. The monoisotopic (exact) mass is 380 g/mol. The number of rotatable bonds is 2. The van der Waals surface area contributed by atoms with Gasteiger partial charge in [-0.15, -0.1) is 0 Å². The van der Waals surface area contributed by atoms with Gasteiger partial charge in [-0.05, 0) is 65.6 Å². The van der Waals surface area contributed by atoms with Gasteiger partial charge in [0.05, 0.1) is 6.61 Å². The second-order valence-corrected chi connectivity index (χ2v) is 6.57. The van der Waals surface area contributed by atoms with E-state index in [0.29, 0.717) is 0 Å². The van der Waals surface area contributed by atoms with Gasteiger partial charge in [-0.3, -0.25) is 0 Å². The first kappa shape index (κ1) is 13.9. The number of aliphatic hydroxyl groups is 1. The molecule has 1 aliphatic rings. The van der Waals surface area contributed by atoms with E-state index in [4.69, 9.17) is 4.74 Å². The molecule has 2 aromatic carbocycles. The Morgan fingerprint density at radius 3 is 2.65 bits per heavy atom. The number of ether oxygens (including phenoxy) is 1. The normalized spacial score (nSPS) is 16.9. The Bertz CT molecular complexity index is 617. The smallest absolute Gasteiger partial charge is 0.128 e. The molecule has 0 saturated heterocycles. The second-order valence-electron chi connectivity index (χ2n) is 5.32. The van der Waals surface area contributed by atoms with Gasteiger partial charge >= 0.3 is 0 Å². The van der Waals surface area contributed by atoms with Crippen LogP contribution >= 0.6 is 22.6 Å². The molecule has 0 saturated carbocycles. The number of para-hydroxylation sites is 1. The first-order chi connectivity index (χ1) is 9.59. The highest BCUT2D eigenvalue weighted by Crippen LogP contribution is 2.39. The molecule has 1 aliphatic heterocycles. The van der Waals surface area contributed by atoms with Crippen molar-refractivity contribution in [1.29, 1.82) is 0 Å². The third kappa shape index (κ3) is 2.44. The van der Waals surface area contributed by atoms with Crippen molar-refractivity contribution in [1.82, 2.24) is 0 Å². The molecule has 1 heterocycles. The summed E-state index contributed by atoms with van der Waals surface area (Å²) in [6, 6.07) is 14.0. The van der Waals surface area contributed by atoms with Crippen molar-refractivity contribution in [3.63, 3.8) is 0 Å². The Balaban J connectivity index is 2.09. The SMILES string of the molecule is CC(O)(c1ccc(I)cc1)c1cccc2c1OCCC2. The van der Waals surface area contributed by atoms with Crippen LogP contribution in [0.15, 0.2) is 42.5 Å². The van der Waals surface area contributed by atoms with Gasteiger partial charge in [-0.25, -0.2) is 0 Å². The summed E-state index contributed by atoms with van der Waals surface area (Å²) in [5.74, 6) is 0.863. The van der Waals surface area contributed by atoms with Crippen molar-refractivity contribution in [2.75, 3.05) is 6.61 Å². The number of fused-ring (bicyclic) bond motifs is 1. The van der Waals surface area contributed by atoms with E-state index in [1.54, 1.807) is 0 Å². The molecule has 1 N–H and O–H groups in total. The topological polar surface area (TPSA) is 29.5 Å². The number of benzene rings is 2. The summed E-state index contributed by atoms with van der Waals surface area (Å²) in [6.07, 6.45) is 2.06. The van der Waals surface area contributed by atoms with Crippen molar-refractivity contribution in [3.05, 3.63) is 62.7 Å². The van der Waals surface area contributed by atoms with Crippen molar-refractivity contribution in [2.24, 2.45) is 0 Å². The van der Waals surface area contributed by atoms with Gasteiger partial charge in [0.2, 0.25) is 0 Å². The molecule has 2 nitrogen and oxygen atoms in total. The highest BCUT2D eigenvalue weighted by molar-refractivity contribution is 14.1. The molecule has 3 rings (SSSR count). The van der Waals surface area contributed by atoms with Gasteiger partial charge in [-0.2, -0.15) is 0 Å². The summed E-state index contributed by atoms with van der Waals surface area (Å²) in [6.45, 7) is 2.57. The predicted octanol–water partition coefficient (Wildman–Crippen LogP) is 3.87. The molecular formula is C17H17IO2. The van der Waals surface area contributed by atoms with Gasteiger partial charge < -0.3 is 9.84 Å². The average molecular weight is 380 g/mol. The van der Waals surface area contributed by atoms with Gasteiger partial charge in [0.15, 0.2) is 0 Å². The lowest BCUT2D eigenvalue weighted by molar-refractivity contribution is 0.0968. The molecule has 0 fully saturated rings. The maximum Gasteiger partial charge on any atom is 0.128 e. The molecular weight excluding hydrogens is 363 g/mol. The zero-order chi connectivity index (χ0) is 14.2. The minimum absolute atomic E-state index is 0.729. The zero-order valence-electron chi connectivity index (χ0n) is 11.4. The molecule has 0 aliphatic carbocycles. The van der Waals surface area contributed by atoms with E-state index in [1.165, 1.54) is 5.56 Å². The first-order valence-electron chi connectivity index (χ1n) is 6.82. The molecule has 1 unspecified atom stereocenters. The summed E-state index contributed by atoms with van der Waals surface area (Å²) < 4.78 is 6.99. The molecule has 0 amide bonds. The van der Waals surface area contributed by atoms with E-state index in [0.717, 1.165) is 39.9 Å². The molecule has 104 valence electrons. The van der Waals surface area contributed by atoms with Crippen molar-refractivity contribution in [2.45, 2.75) is 25.4 Å². The van der Waals surface area contributed by atoms with Crippen molar-refractivity contribution in [3.8, 4) is 5.75 Å². The maximum atomic E-state index is 11.0. The lowest BCUT2D eigenvalue weighted by atomic mass is 9.85. The number of halogens is 1. The fourth-order valence-corrected chi connectivity index (χ4v) is 3.06. The van der Waals surface area contributed by atoms with Crippen LogP contribution in [0.1, 0.15) is 30.0 Å². The summed E-state index contributed by atoms with van der Waals surface area (Å²) >= 11 is 2.27. The number of hydrogen-bond donors (Lipinski definition) is 1. The largest absolute Gasteiger partial charge is 0.493 e. The molecule has 20 heavy (non-hydrogen) atoms. The molecule has 1 atom stereocenters. The summed E-state index contributed by atoms with van der Waals surface area (Å²) in [4.78, 5) is 0. The molecule has 0 radical (unpaired) electrons. The first-order valence-corrected chi connectivity index (χ1v) is 7.90. The minimum Gasteiger partial charge on any atom is -0.493 e. The average Bonchev–Trinajstić information content (AvgIpc) is 2.47. The van der Waals surface area contributed by atoms with Crippen LogP contribution in [-0.2, 0) is 12.0 Å². The van der Waals surface area contributed by atoms with Crippen LogP contribution in [0, 0.1) is 3.57 Å². The quantitative estimate of drug-likeness (QED) is 0.802. The van der Waals surface area contributed by atoms with Gasteiger partial charge in [0.25, 0.3) is 0 Å². The van der Waals surface area contributed by atoms with E-state index in [2.05, 4.69) is 28.7 Å². The van der Waals surface area contributed by atoms with Gasteiger partial charge in [0, 0.05) is 9.13 Å². The lowest BCUT2D eigenvalue weighted by Gasteiger charge is -2.29. The molecule has 0 spiro atoms. The predicted molar refractivity (Wildman–Crippen MR) is 88.1 cm³/mol. The van der Waals surface area contributed by atoms with E-state index >= 15 is 0 Å². The highest BCUT2D eigenvalue weighted by atomic mass is 127. The van der Waals surface area contributed by atoms with Crippen LogP contribution in [0.2, 0.25) is 0 Å². The van der Waals surface area contributed by atoms with Gasteiger partial charge in [-0.1, -0.05) is 30.3 Å². The third-order valence-electron chi connectivity index (χ3n) is 3.86. The number of aryl methyl sites for hydroxylation is 1. The summed E-state index contributed by atoms with van der Waals surface area (Å²) in [5.41, 5.74) is 1.91. The number of hydrogen-bond acceptors (Lipinski definition) is 2. The van der Waals surface area contributed by atoms with E-state index in [9.17, 15) is 5.11 Å². The van der Waals surface area contributed by atoms with Crippen LogP contribution < -0.4 is 4.74 Å². The molecule has 0 aromatic heterocycles. The van der Waals surface area contributed by atoms with Crippen LogP contribution in [0.3, 0.4) is 0 Å². The molecule has 0 bridgehead atoms. The van der Waals surface area contributed by atoms with Crippen molar-refractivity contribution < 1.29 is 9.84 Å². The fraction of sp³-hybridized carbons (Fsp3) is 0.294. The summed E-state index contributed by atoms with van der Waals surface area (Å²) in [7, 11) is 0. The Hall–Kier alpha value is -1.07. The molecule has 2 aromatic rings. The Morgan fingerprint density at radius 1 is 1.15 bits per heavy atom. The molecule has 3 heteroatoms. The minimum atomic E-state index is -1.03. The Labute approximate surface area is 132 Å². The van der Waals surface area contributed by atoms with Crippen molar-refractivity contribution >= 4 is 22.6 Å². The van der Waals surface area contributed by atoms with Crippen LogP contribution in [0.5, 0.6) is 5.75 Å². The van der Waals surface area contributed by atoms with Crippen LogP contribution in [0.4, 0.5) is 0 Å². The highest BCUT2D eigenvalue weighted by Gasteiger charge is 2.31. The van der Waals surface area contributed by atoms with Gasteiger partial charge in [0.1, 0.15) is 11.4 Å². The van der Waals surface area contributed by atoms with Crippen LogP contribution in [-0.4, -0.2) is 11.7 Å².